The summed E-state index contributed by atoms with van der Waals surface area (Å²) in [5.41, 5.74) is 3.43. The van der Waals surface area contributed by atoms with Crippen LogP contribution in [0.25, 0.3) is 11.3 Å². The van der Waals surface area contributed by atoms with Crippen LogP contribution in [0.5, 0.6) is 11.5 Å². The Morgan fingerprint density at radius 3 is 2.74 bits per heavy atom. The van der Waals surface area contributed by atoms with Crippen LogP contribution in [0.3, 0.4) is 0 Å². The molecule has 0 fully saturated rings. The summed E-state index contributed by atoms with van der Waals surface area (Å²) in [6.07, 6.45) is 2.90. The number of nitrogens with zero attached hydrogens (tertiary/aromatic N) is 3. The summed E-state index contributed by atoms with van der Waals surface area (Å²) < 4.78 is 11.5. The van der Waals surface area contributed by atoms with Gasteiger partial charge < -0.3 is 14.8 Å². The molecule has 0 bridgehead atoms. The maximum absolute atomic E-state index is 12.2. The molecule has 1 atom stereocenters. The number of benzene rings is 2. The molecule has 7 nitrogen and oxygen atoms in total. The average molecular weight is 477 g/mol. The molecule has 2 aromatic carbocycles. The number of Topliss-reactive ketones (excluding diaryl/α,β-unsaturated/α-hetero) is 1. The van der Waals surface area contributed by atoms with Crippen LogP contribution in [0.2, 0.25) is 0 Å². The molecule has 1 N–H and O–H groups in total. The lowest BCUT2D eigenvalue weighted by atomic mass is 9.99. The maximum atomic E-state index is 12.2. The van der Waals surface area contributed by atoms with Gasteiger partial charge in [0.05, 0.1) is 11.8 Å². The lowest BCUT2D eigenvalue weighted by Gasteiger charge is -2.23. The van der Waals surface area contributed by atoms with Crippen LogP contribution < -0.4 is 14.8 Å². The molecule has 4 rings (SSSR count). The third-order valence-corrected chi connectivity index (χ3v) is 5.58. The van der Waals surface area contributed by atoms with Crippen LogP contribution in [-0.4, -0.2) is 35.5 Å². The molecule has 0 aliphatic carbocycles. The fourth-order valence-electron chi connectivity index (χ4n) is 3.76. The van der Waals surface area contributed by atoms with E-state index in [1.807, 2.05) is 42.5 Å². The minimum absolute atomic E-state index is 0. The number of nitrogens with one attached hydrogen (secondary N) is 1. The summed E-state index contributed by atoms with van der Waals surface area (Å²) in [5, 5.41) is 12.0. The monoisotopic (exact) mass is 476 g/mol. The normalized spacial score (nSPS) is 12.7. The summed E-state index contributed by atoms with van der Waals surface area (Å²) >= 11 is 0. The summed E-state index contributed by atoms with van der Waals surface area (Å²) in [4.78, 5) is 20.9. The Morgan fingerprint density at radius 2 is 1.94 bits per heavy atom. The Kier molecular flexibility index (Phi) is 8.88. The summed E-state index contributed by atoms with van der Waals surface area (Å²) in [6, 6.07) is 17.3. The number of ketones is 1. The van der Waals surface area contributed by atoms with Crippen molar-refractivity contribution in [3.05, 3.63) is 66.0 Å². The number of para-hydroxylation sites is 1. The van der Waals surface area contributed by atoms with E-state index in [-0.39, 0.29) is 25.2 Å². The molecule has 0 unspecified atom stereocenters. The van der Waals surface area contributed by atoms with Gasteiger partial charge in [-0.05, 0) is 12.5 Å². The lowest BCUT2D eigenvalue weighted by Crippen LogP contribution is -2.18. The number of rotatable bonds is 9. The van der Waals surface area contributed by atoms with Gasteiger partial charge in [-0.2, -0.15) is 18.8 Å². The fraction of sp³-hybridized carbons (Fsp3) is 0.308. The Labute approximate surface area is 206 Å². The second kappa shape index (κ2) is 12.1. The van der Waals surface area contributed by atoms with Crippen LogP contribution in [0.1, 0.15) is 48.0 Å². The summed E-state index contributed by atoms with van der Waals surface area (Å²) in [7, 11) is 0. The van der Waals surface area contributed by atoms with Crippen molar-refractivity contribution in [3.63, 3.8) is 0 Å². The highest BCUT2D eigenvalue weighted by molar-refractivity contribution is 7.59. The first kappa shape index (κ1) is 25.1. The van der Waals surface area contributed by atoms with Gasteiger partial charge in [-0.1, -0.05) is 43.3 Å². The predicted octanol–water partition coefficient (Wildman–Crippen LogP) is 5.12. The molecule has 1 aliphatic rings. The zero-order valence-corrected chi connectivity index (χ0v) is 20.1. The van der Waals surface area contributed by atoms with Crippen molar-refractivity contribution in [1.29, 1.82) is 5.26 Å². The van der Waals surface area contributed by atoms with Gasteiger partial charge in [0.15, 0.2) is 17.3 Å². The SMILES string of the molecule is C[C@H](CNc1cc(-c2ccc(C(=O)CCCC#N)cc2)ncn1)c1cccc2c1OCCO2.S. The molecular weight excluding hydrogens is 448 g/mol. The number of fused-ring (bicyclic) bond motifs is 1. The van der Waals surface area contributed by atoms with E-state index >= 15 is 0 Å². The Hall–Kier alpha value is -3.57. The largest absolute Gasteiger partial charge is 0.486 e. The Balaban J connectivity index is 0.00000324. The second-order valence-corrected chi connectivity index (χ2v) is 7.95. The van der Waals surface area contributed by atoms with Gasteiger partial charge in [0, 0.05) is 48.1 Å². The van der Waals surface area contributed by atoms with Crippen molar-refractivity contribution in [1.82, 2.24) is 9.97 Å². The quantitative estimate of drug-likeness (QED) is 0.338. The average Bonchev–Trinajstić information content (AvgIpc) is 2.87. The highest BCUT2D eigenvalue weighted by atomic mass is 32.1. The molecule has 0 amide bonds. The number of hydrogen-bond donors (Lipinski definition) is 1. The van der Waals surface area contributed by atoms with Crippen molar-refractivity contribution in [2.24, 2.45) is 0 Å². The van der Waals surface area contributed by atoms with Crippen molar-refractivity contribution in [3.8, 4) is 28.8 Å². The summed E-state index contributed by atoms with van der Waals surface area (Å²) in [5.74, 6) is 2.58. The highest BCUT2D eigenvalue weighted by Gasteiger charge is 2.19. The Morgan fingerprint density at radius 1 is 1.15 bits per heavy atom. The minimum Gasteiger partial charge on any atom is -0.486 e. The van der Waals surface area contributed by atoms with Crippen molar-refractivity contribution in [2.45, 2.75) is 32.1 Å². The van der Waals surface area contributed by atoms with Crippen molar-refractivity contribution < 1.29 is 14.3 Å². The third-order valence-electron chi connectivity index (χ3n) is 5.58. The predicted molar refractivity (Wildman–Crippen MR) is 136 cm³/mol. The second-order valence-electron chi connectivity index (χ2n) is 7.95. The minimum atomic E-state index is 0. The molecule has 34 heavy (non-hydrogen) atoms. The smallest absolute Gasteiger partial charge is 0.164 e. The van der Waals surface area contributed by atoms with E-state index in [9.17, 15) is 4.79 Å². The molecule has 2 heterocycles. The van der Waals surface area contributed by atoms with E-state index in [4.69, 9.17) is 14.7 Å². The van der Waals surface area contributed by atoms with E-state index in [0.29, 0.717) is 44.6 Å². The van der Waals surface area contributed by atoms with Gasteiger partial charge in [0.25, 0.3) is 0 Å². The van der Waals surface area contributed by atoms with Crippen LogP contribution in [0, 0.1) is 11.3 Å². The number of ether oxygens (including phenoxy) is 2. The molecule has 0 saturated carbocycles. The van der Waals surface area contributed by atoms with Crippen LogP contribution in [0.4, 0.5) is 5.82 Å². The molecule has 0 spiro atoms. The lowest BCUT2D eigenvalue weighted by molar-refractivity contribution is 0.0980. The topological polar surface area (TPSA) is 97.1 Å². The van der Waals surface area contributed by atoms with E-state index in [0.717, 1.165) is 34.1 Å². The number of anilines is 1. The first-order chi connectivity index (χ1) is 16.2. The van der Waals surface area contributed by atoms with Crippen LogP contribution >= 0.6 is 13.5 Å². The zero-order valence-electron chi connectivity index (χ0n) is 19.1. The Bertz CT molecular complexity index is 1160. The van der Waals surface area contributed by atoms with Crippen LogP contribution in [-0.2, 0) is 0 Å². The van der Waals surface area contributed by atoms with Crippen LogP contribution in [0.15, 0.2) is 54.9 Å². The molecule has 3 aromatic rings. The molecular formula is C26H28N4O3S. The van der Waals surface area contributed by atoms with Gasteiger partial charge in [-0.25, -0.2) is 9.97 Å². The molecule has 8 heteroatoms. The number of hydrogen-bond acceptors (Lipinski definition) is 7. The number of aromatic nitrogens is 2. The van der Waals surface area contributed by atoms with Gasteiger partial charge in [-0.3, -0.25) is 4.79 Å². The first-order valence-corrected chi connectivity index (χ1v) is 11.1. The number of unbranched alkanes of at least 4 members (excludes halogenated alkanes) is 1. The number of carbonyl (C=O) groups is 1. The van der Waals surface area contributed by atoms with E-state index in [1.54, 1.807) is 0 Å². The van der Waals surface area contributed by atoms with E-state index in [1.165, 1.54) is 6.33 Å². The van der Waals surface area contributed by atoms with Gasteiger partial charge >= 0.3 is 0 Å². The van der Waals surface area contributed by atoms with Gasteiger partial charge in [0.1, 0.15) is 25.4 Å². The molecule has 0 saturated heterocycles. The number of carbonyl (C=O) groups excluding carboxylic acids is 1. The fourth-order valence-corrected chi connectivity index (χ4v) is 3.76. The van der Waals surface area contributed by atoms with Gasteiger partial charge in [0.2, 0.25) is 0 Å². The molecule has 1 aliphatic heterocycles. The third kappa shape index (κ3) is 6.06. The summed E-state index contributed by atoms with van der Waals surface area (Å²) in [6.45, 7) is 3.94. The maximum Gasteiger partial charge on any atom is 0.164 e. The number of nitriles is 1. The first-order valence-electron chi connectivity index (χ1n) is 11.1. The van der Waals surface area contributed by atoms with Gasteiger partial charge in [-0.15, -0.1) is 0 Å². The standard InChI is InChI=1S/C26H26N4O3.H2S/c1-18(21-5-4-7-24-26(21)33-14-13-32-24)16-28-25-15-22(29-17-30-25)19-8-10-20(11-9-19)23(31)6-2-3-12-27;/h4-5,7-11,15,17-18H,2-3,6,13-14,16H2,1H3,(H,28,29,30);1H2/t18-;/m1./s1. The molecule has 0 radical (unpaired) electrons. The zero-order chi connectivity index (χ0) is 23.0. The van der Waals surface area contributed by atoms with E-state index in [2.05, 4.69) is 34.3 Å². The van der Waals surface area contributed by atoms with Crippen molar-refractivity contribution in [2.75, 3.05) is 25.1 Å². The van der Waals surface area contributed by atoms with E-state index < -0.39 is 0 Å². The van der Waals surface area contributed by atoms with Crippen molar-refractivity contribution >= 4 is 25.1 Å². The molecule has 1 aromatic heterocycles. The highest BCUT2D eigenvalue weighted by Crippen LogP contribution is 2.37. The molecule has 176 valence electrons.